The number of esters is 1. The van der Waals surface area contributed by atoms with Crippen molar-refractivity contribution in [1.82, 2.24) is 0 Å². The number of ether oxygens (including phenoxy) is 2. The summed E-state index contributed by atoms with van der Waals surface area (Å²) in [6.07, 6.45) is 4.94. The number of cyclic esters (lactones) is 1. The summed E-state index contributed by atoms with van der Waals surface area (Å²) >= 11 is 0. The molecule has 0 aromatic rings. The summed E-state index contributed by atoms with van der Waals surface area (Å²) in [7, 11) is 0. The molecule has 2 heterocycles. The fourth-order valence-electron chi connectivity index (χ4n) is 9.48. The smallest absolute Gasteiger partial charge is 0.334 e. The zero-order valence-corrected chi connectivity index (χ0v) is 21.3. The molecule has 7 heteroatoms. The number of rotatable bonds is 2. The van der Waals surface area contributed by atoms with E-state index in [1.165, 1.54) is 6.08 Å². The summed E-state index contributed by atoms with van der Waals surface area (Å²) in [6, 6.07) is 0. The van der Waals surface area contributed by atoms with Crippen LogP contribution in [0.15, 0.2) is 23.3 Å². The first-order chi connectivity index (χ1) is 16.3. The number of ketones is 1. The van der Waals surface area contributed by atoms with E-state index in [-0.39, 0.29) is 29.6 Å². The van der Waals surface area contributed by atoms with Crippen LogP contribution in [0.1, 0.15) is 73.1 Å². The lowest BCUT2D eigenvalue weighted by Crippen LogP contribution is -2.69. The molecule has 0 unspecified atom stereocenters. The molecule has 4 aliphatic carbocycles. The van der Waals surface area contributed by atoms with Gasteiger partial charge in [0.25, 0.3) is 0 Å². The van der Waals surface area contributed by atoms with Gasteiger partial charge in [-0.3, -0.25) is 4.79 Å². The Balaban J connectivity index is 1.35. The number of hydrogen-bond acceptors (Lipinski definition) is 7. The van der Waals surface area contributed by atoms with Crippen LogP contribution in [0.2, 0.25) is 0 Å². The van der Waals surface area contributed by atoms with Gasteiger partial charge in [0.05, 0.1) is 11.5 Å². The molecule has 3 saturated carbocycles. The minimum atomic E-state index is -1.63. The maximum atomic E-state index is 13.3. The molecule has 192 valence electrons. The van der Waals surface area contributed by atoms with Gasteiger partial charge in [-0.15, -0.1) is 0 Å². The molecule has 11 atom stereocenters. The van der Waals surface area contributed by atoms with Gasteiger partial charge in [-0.05, 0) is 89.7 Å². The van der Waals surface area contributed by atoms with E-state index in [0.29, 0.717) is 31.3 Å². The molecule has 1 spiro atoms. The molecule has 3 N–H and O–H groups in total. The summed E-state index contributed by atoms with van der Waals surface area (Å²) < 4.78 is 11.9. The zero-order valence-electron chi connectivity index (χ0n) is 21.3. The van der Waals surface area contributed by atoms with Crippen LogP contribution in [-0.4, -0.2) is 62.2 Å². The molecular weight excluding hydrogens is 448 g/mol. The Morgan fingerprint density at radius 1 is 1.11 bits per heavy atom. The molecule has 4 fully saturated rings. The van der Waals surface area contributed by atoms with Gasteiger partial charge in [0.2, 0.25) is 0 Å². The highest BCUT2D eigenvalue weighted by molar-refractivity contribution is 5.98. The molecule has 0 radical (unpaired) electrons. The Labute approximate surface area is 206 Å². The minimum Gasteiger partial charge on any atom is -0.455 e. The zero-order chi connectivity index (χ0) is 25.3. The maximum absolute atomic E-state index is 13.3. The van der Waals surface area contributed by atoms with Crippen molar-refractivity contribution in [3.63, 3.8) is 0 Å². The first-order valence-electron chi connectivity index (χ1n) is 13.2. The van der Waals surface area contributed by atoms with Gasteiger partial charge >= 0.3 is 5.97 Å². The van der Waals surface area contributed by atoms with E-state index in [9.17, 15) is 24.9 Å². The topological polar surface area (TPSA) is 117 Å². The van der Waals surface area contributed by atoms with Crippen LogP contribution in [0.5, 0.6) is 0 Å². The number of aliphatic hydroxyl groups is 3. The Bertz CT molecular complexity index is 1080. The maximum Gasteiger partial charge on any atom is 0.334 e. The first-order valence-corrected chi connectivity index (χ1v) is 13.2. The molecule has 0 aromatic carbocycles. The Kier molecular flexibility index (Phi) is 4.67. The van der Waals surface area contributed by atoms with E-state index >= 15 is 0 Å². The first kappa shape index (κ1) is 23.8. The third-order valence-corrected chi connectivity index (χ3v) is 11.9. The van der Waals surface area contributed by atoms with Crippen molar-refractivity contribution >= 4 is 11.8 Å². The number of carbonyl (C=O) groups is 2. The second-order valence-electron chi connectivity index (χ2n) is 12.9. The van der Waals surface area contributed by atoms with Crippen molar-refractivity contribution in [2.24, 2.45) is 28.6 Å². The van der Waals surface area contributed by atoms with Crippen LogP contribution < -0.4 is 0 Å². The Morgan fingerprint density at radius 2 is 1.80 bits per heavy atom. The molecule has 1 saturated heterocycles. The van der Waals surface area contributed by atoms with Crippen LogP contribution in [0.25, 0.3) is 0 Å². The van der Waals surface area contributed by atoms with Crippen molar-refractivity contribution < 1.29 is 34.4 Å². The molecule has 2 aliphatic heterocycles. The normalized spacial score (nSPS) is 54.3. The van der Waals surface area contributed by atoms with Crippen LogP contribution in [0, 0.1) is 28.6 Å². The highest BCUT2D eigenvalue weighted by Gasteiger charge is 2.81. The second-order valence-corrected chi connectivity index (χ2v) is 12.9. The highest BCUT2D eigenvalue weighted by atomic mass is 16.6. The third kappa shape index (κ3) is 2.51. The van der Waals surface area contributed by atoms with Gasteiger partial charge in [-0.25, -0.2) is 4.79 Å². The fourth-order valence-corrected chi connectivity index (χ4v) is 9.48. The summed E-state index contributed by atoms with van der Waals surface area (Å²) in [6.45, 7) is 9.28. The van der Waals surface area contributed by atoms with E-state index in [2.05, 4.69) is 6.92 Å². The van der Waals surface area contributed by atoms with E-state index in [4.69, 9.17) is 9.47 Å². The number of epoxide rings is 1. The second kappa shape index (κ2) is 6.85. The quantitative estimate of drug-likeness (QED) is 0.406. The third-order valence-electron chi connectivity index (χ3n) is 11.9. The van der Waals surface area contributed by atoms with Crippen molar-refractivity contribution in [3.8, 4) is 0 Å². The van der Waals surface area contributed by atoms with Gasteiger partial charge in [0.1, 0.15) is 29.0 Å². The summed E-state index contributed by atoms with van der Waals surface area (Å²) in [4.78, 5) is 25.8. The molecule has 0 bridgehead atoms. The van der Waals surface area contributed by atoms with Crippen LogP contribution in [-0.2, 0) is 19.1 Å². The molecule has 6 rings (SSSR count). The van der Waals surface area contributed by atoms with Crippen molar-refractivity contribution in [3.05, 3.63) is 23.3 Å². The summed E-state index contributed by atoms with van der Waals surface area (Å²) in [5.41, 5.74) is -3.85. The summed E-state index contributed by atoms with van der Waals surface area (Å²) in [5.74, 6) is -0.138. The SMILES string of the molecule is CC1=C(C)C(=O)O[C@@H]([C@](C)(O)[C@@]2(O)CC[C@H]3[C@H]4C[C@H]5O[C@]56[C@@H](O)C=CC(=O)[C@]6(C)[C@H]4CC[C@@]32C)C1. The van der Waals surface area contributed by atoms with E-state index in [1.54, 1.807) is 19.9 Å². The lowest BCUT2D eigenvalue weighted by Gasteiger charge is -2.60. The highest BCUT2D eigenvalue weighted by Crippen LogP contribution is 2.74. The predicted molar refractivity (Wildman–Crippen MR) is 126 cm³/mol. The van der Waals surface area contributed by atoms with E-state index in [0.717, 1.165) is 18.4 Å². The lowest BCUT2D eigenvalue weighted by molar-refractivity contribution is -0.253. The van der Waals surface area contributed by atoms with Crippen LogP contribution >= 0.6 is 0 Å². The number of hydrogen-bond donors (Lipinski definition) is 3. The molecule has 7 nitrogen and oxygen atoms in total. The van der Waals surface area contributed by atoms with E-state index in [1.807, 2.05) is 13.8 Å². The average molecular weight is 487 g/mol. The van der Waals surface area contributed by atoms with Gasteiger partial charge in [0.15, 0.2) is 5.78 Å². The average Bonchev–Trinajstić information content (AvgIpc) is 3.47. The van der Waals surface area contributed by atoms with Gasteiger partial charge in [-0.1, -0.05) is 12.5 Å². The van der Waals surface area contributed by atoms with Crippen molar-refractivity contribution in [2.75, 3.05) is 0 Å². The standard InChI is InChI=1S/C28H38O7/c1-14-12-21(34-23(31)15(14)2)26(5,32)27(33)11-9-17-16-13-22-28(35-22)20(30)7-6-19(29)25(28,4)18(16)8-10-24(17,27)3/h6-7,16-18,20-22,30,32-33H,8-13H2,1-5H3/t16-,17+,18+,20+,21-,22-,24+,25+,26+,27-,28-/m1/s1. The van der Waals surface area contributed by atoms with E-state index < -0.39 is 45.8 Å². The predicted octanol–water partition coefficient (Wildman–Crippen LogP) is 2.61. The molecule has 0 aromatic heterocycles. The number of aliphatic hydroxyl groups excluding tert-OH is 1. The van der Waals surface area contributed by atoms with Crippen LogP contribution in [0.3, 0.4) is 0 Å². The van der Waals surface area contributed by atoms with Crippen molar-refractivity contribution in [1.29, 1.82) is 0 Å². The van der Waals surface area contributed by atoms with Crippen molar-refractivity contribution in [2.45, 2.75) is 108 Å². The number of carbonyl (C=O) groups excluding carboxylic acids is 2. The van der Waals surface area contributed by atoms with Crippen LogP contribution in [0.4, 0.5) is 0 Å². The number of fused-ring (bicyclic) bond motifs is 4. The van der Waals surface area contributed by atoms with Gasteiger partial charge < -0.3 is 24.8 Å². The monoisotopic (exact) mass is 486 g/mol. The Morgan fingerprint density at radius 3 is 2.49 bits per heavy atom. The largest absolute Gasteiger partial charge is 0.455 e. The lowest BCUT2D eigenvalue weighted by atomic mass is 9.43. The molecule has 35 heavy (non-hydrogen) atoms. The molecule has 0 amide bonds. The van der Waals surface area contributed by atoms with Gasteiger partial charge in [0, 0.05) is 17.4 Å². The summed E-state index contributed by atoms with van der Waals surface area (Å²) in [5, 5.41) is 35.1. The van der Waals surface area contributed by atoms with Gasteiger partial charge in [-0.2, -0.15) is 0 Å². The fraction of sp³-hybridized carbons (Fsp3) is 0.786. The molecule has 6 aliphatic rings. The minimum absolute atomic E-state index is 0.0237. The molecular formula is C28H38O7. The Hall–Kier alpha value is -1.54. The number of allylic oxidation sites excluding steroid dienone is 1.